The smallest absolute Gasteiger partial charge is 0.354 e. The lowest BCUT2D eigenvalue weighted by Crippen LogP contribution is -2.02. The zero-order valence-electron chi connectivity index (χ0n) is 10.8. The van der Waals surface area contributed by atoms with Gasteiger partial charge in [0, 0.05) is 22.4 Å². The zero-order valence-corrected chi connectivity index (χ0v) is 11.7. The van der Waals surface area contributed by atoms with Crippen molar-refractivity contribution in [3.8, 4) is 11.3 Å². The Morgan fingerprint density at radius 1 is 1.29 bits per heavy atom. The molecule has 0 spiro atoms. The van der Waals surface area contributed by atoms with Crippen LogP contribution in [0, 0.1) is 5.82 Å². The first-order valence-corrected chi connectivity index (χ1v) is 7.12. The molecule has 21 heavy (non-hydrogen) atoms. The van der Waals surface area contributed by atoms with Crippen LogP contribution in [-0.4, -0.2) is 21.3 Å². The zero-order chi connectivity index (χ0) is 14.8. The maximum atomic E-state index is 13.0. The van der Waals surface area contributed by atoms with Crippen molar-refractivity contribution < 1.29 is 14.3 Å². The number of H-pyrrole nitrogens is 1. The summed E-state index contributed by atoms with van der Waals surface area (Å²) in [6.45, 7) is 0. The number of hydrogen-bond acceptors (Lipinski definition) is 3. The van der Waals surface area contributed by atoms with Gasteiger partial charge in [0.25, 0.3) is 0 Å². The van der Waals surface area contributed by atoms with Crippen LogP contribution in [0.5, 0.6) is 0 Å². The van der Waals surface area contributed by atoms with E-state index < -0.39 is 5.97 Å². The SMILES string of the molecule is O=C(O)c1[nH]nc(-c2ccc(F)cc2)c1Cc1cccs1. The number of nitrogens with one attached hydrogen (secondary N) is 1. The number of nitrogens with zero attached hydrogens (tertiary/aromatic N) is 1. The number of aromatic carboxylic acids is 1. The van der Waals surface area contributed by atoms with Gasteiger partial charge in [0.05, 0.1) is 5.69 Å². The van der Waals surface area contributed by atoms with Gasteiger partial charge in [-0.25, -0.2) is 9.18 Å². The van der Waals surface area contributed by atoms with Crippen LogP contribution in [0.15, 0.2) is 41.8 Å². The number of carbonyl (C=O) groups is 1. The monoisotopic (exact) mass is 302 g/mol. The van der Waals surface area contributed by atoms with Gasteiger partial charge in [-0.1, -0.05) is 6.07 Å². The molecule has 0 amide bonds. The maximum absolute atomic E-state index is 13.0. The molecule has 0 saturated heterocycles. The molecule has 3 rings (SSSR count). The van der Waals surface area contributed by atoms with E-state index in [0.717, 1.165) is 4.88 Å². The molecule has 0 atom stereocenters. The van der Waals surface area contributed by atoms with Crippen LogP contribution in [-0.2, 0) is 6.42 Å². The van der Waals surface area contributed by atoms with Gasteiger partial charge in [-0.15, -0.1) is 11.3 Å². The number of carboxylic acids is 1. The van der Waals surface area contributed by atoms with Crippen molar-refractivity contribution in [1.82, 2.24) is 10.2 Å². The molecule has 0 aliphatic heterocycles. The van der Waals surface area contributed by atoms with Gasteiger partial charge in [-0.05, 0) is 35.7 Å². The summed E-state index contributed by atoms with van der Waals surface area (Å²) in [4.78, 5) is 12.4. The van der Waals surface area contributed by atoms with Crippen molar-refractivity contribution in [3.05, 3.63) is 63.7 Å². The molecule has 4 nitrogen and oxygen atoms in total. The molecule has 3 aromatic rings. The maximum Gasteiger partial charge on any atom is 0.354 e. The molecule has 0 radical (unpaired) electrons. The van der Waals surface area contributed by atoms with Crippen molar-refractivity contribution in [3.63, 3.8) is 0 Å². The summed E-state index contributed by atoms with van der Waals surface area (Å²) in [5, 5.41) is 17.9. The largest absolute Gasteiger partial charge is 0.477 e. The van der Waals surface area contributed by atoms with Gasteiger partial charge in [-0.3, -0.25) is 5.10 Å². The molecular formula is C15H11FN2O2S. The number of hydrogen-bond donors (Lipinski definition) is 2. The van der Waals surface area contributed by atoms with Crippen molar-refractivity contribution in [1.29, 1.82) is 0 Å². The number of aromatic nitrogens is 2. The molecule has 2 aromatic heterocycles. The molecule has 0 unspecified atom stereocenters. The van der Waals surface area contributed by atoms with Crippen LogP contribution in [0.3, 0.4) is 0 Å². The van der Waals surface area contributed by atoms with Crippen molar-refractivity contribution in [2.75, 3.05) is 0 Å². The lowest BCUT2D eigenvalue weighted by molar-refractivity contribution is 0.0689. The molecule has 6 heteroatoms. The molecule has 0 aliphatic rings. The van der Waals surface area contributed by atoms with E-state index in [1.807, 2.05) is 17.5 Å². The summed E-state index contributed by atoms with van der Waals surface area (Å²) in [5.41, 5.74) is 1.91. The molecule has 0 saturated carbocycles. The highest BCUT2D eigenvalue weighted by Crippen LogP contribution is 2.27. The van der Waals surface area contributed by atoms with Gasteiger partial charge in [-0.2, -0.15) is 5.10 Å². The highest BCUT2D eigenvalue weighted by Gasteiger charge is 2.20. The fraction of sp³-hybridized carbons (Fsp3) is 0.0667. The second kappa shape index (κ2) is 5.49. The predicted molar refractivity (Wildman–Crippen MR) is 78.1 cm³/mol. The Morgan fingerprint density at radius 3 is 2.67 bits per heavy atom. The fourth-order valence-electron chi connectivity index (χ4n) is 2.15. The Morgan fingerprint density at radius 2 is 2.05 bits per heavy atom. The molecule has 106 valence electrons. The van der Waals surface area contributed by atoms with Crippen molar-refractivity contribution in [2.24, 2.45) is 0 Å². The van der Waals surface area contributed by atoms with E-state index in [0.29, 0.717) is 23.2 Å². The van der Waals surface area contributed by atoms with Crippen LogP contribution >= 0.6 is 11.3 Å². The standard InChI is InChI=1S/C15H11FN2O2S/c16-10-5-3-9(4-6-10)13-12(8-11-2-1-7-21-11)14(15(19)20)18-17-13/h1-7H,8H2,(H,17,18)(H,19,20). The first-order valence-electron chi connectivity index (χ1n) is 6.24. The normalized spacial score (nSPS) is 10.7. The third kappa shape index (κ3) is 2.71. The average molecular weight is 302 g/mol. The van der Waals surface area contributed by atoms with Crippen molar-refractivity contribution in [2.45, 2.75) is 6.42 Å². The van der Waals surface area contributed by atoms with E-state index >= 15 is 0 Å². The lowest BCUT2D eigenvalue weighted by atomic mass is 10.0. The highest BCUT2D eigenvalue weighted by molar-refractivity contribution is 7.09. The van der Waals surface area contributed by atoms with Crippen LogP contribution in [0.4, 0.5) is 4.39 Å². The van der Waals surface area contributed by atoms with Crippen LogP contribution in [0.25, 0.3) is 11.3 Å². The third-order valence-corrected chi connectivity index (χ3v) is 4.01. The van der Waals surface area contributed by atoms with Gasteiger partial charge in [0.1, 0.15) is 11.5 Å². The summed E-state index contributed by atoms with van der Waals surface area (Å²) >= 11 is 1.55. The summed E-state index contributed by atoms with van der Waals surface area (Å²) in [6, 6.07) is 9.71. The van der Waals surface area contributed by atoms with Crippen LogP contribution in [0.1, 0.15) is 20.9 Å². The van der Waals surface area contributed by atoms with E-state index in [9.17, 15) is 14.3 Å². The minimum absolute atomic E-state index is 0.0720. The summed E-state index contributed by atoms with van der Waals surface area (Å²) in [6.07, 6.45) is 0.475. The first kappa shape index (κ1) is 13.5. The number of thiophene rings is 1. The van der Waals surface area contributed by atoms with Crippen LogP contribution in [0.2, 0.25) is 0 Å². The van der Waals surface area contributed by atoms with E-state index in [1.54, 1.807) is 23.5 Å². The number of halogens is 1. The van der Waals surface area contributed by atoms with E-state index in [-0.39, 0.29) is 11.5 Å². The molecule has 1 aromatic carbocycles. The lowest BCUT2D eigenvalue weighted by Gasteiger charge is -2.03. The van der Waals surface area contributed by atoms with Crippen LogP contribution < -0.4 is 0 Å². The molecule has 0 fully saturated rings. The van der Waals surface area contributed by atoms with E-state index in [2.05, 4.69) is 10.2 Å². The van der Waals surface area contributed by atoms with Gasteiger partial charge >= 0.3 is 5.97 Å². The fourth-order valence-corrected chi connectivity index (χ4v) is 2.86. The van der Waals surface area contributed by atoms with Gasteiger partial charge < -0.3 is 5.11 Å². The Kier molecular flexibility index (Phi) is 3.53. The number of rotatable bonds is 4. The van der Waals surface area contributed by atoms with E-state index in [4.69, 9.17) is 0 Å². The number of aromatic amines is 1. The Bertz CT molecular complexity index is 764. The molecule has 0 aliphatic carbocycles. The number of carboxylic acid groups (broad SMARTS) is 1. The highest BCUT2D eigenvalue weighted by atomic mass is 32.1. The minimum atomic E-state index is -1.05. The average Bonchev–Trinajstić information content (AvgIpc) is 3.10. The third-order valence-electron chi connectivity index (χ3n) is 3.13. The molecule has 0 bridgehead atoms. The second-order valence-corrected chi connectivity index (χ2v) is 5.53. The Hall–Kier alpha value is -2.47. The minimum Gasteiger partial charge on any atom is -0.477 e. The van der Waals surface area contributed by atoms with E-state index in [1.165, 1.54) is 12.1 Å². The summed E-state index contributed by atoms with van der Waals surface area (Å²) in [7, 11) is 0. The predicted octanol–water partition coefficient (Wildman–Crippen LogP) is 3.57. The first-order chi connectivity index (χ1) is 10.1. The molecular weight excluding hydrogens is 291 g/mol. The van der Waals surface area contributed by atoms with Gasteiger partial charge in [0.2, 0.25) is 0 Å². The summed E-state index contributed by atoms with van der Waals surface area (Å²) in [5.74, 6) is -1.39. The molecule has 2 heterocycles. The second-order valence-electron chi connectivity index (χ2n) is 4.49. The quantitative estimate of drug-likeness (QED) is 0.774. The summed E-state index contributed by atoms with van der Waals surface area (Å²) < 4.78 is 13.0. The molecule has 2 N–H and O–H groups in total. The number of benzene rings is 1. The van der Waals surface area contributed by atoms with Crippen molar-refractivity contribution >= 4 is 17.3 Å². The Balaban J connectivity index is 2.08. The Labute approximate surface area is 123 Å². The topological polar surface area (TPSA) is 66.0 Å². The van der Waals surface area contributed by atoms with Gasteiger partial charge in [0.15, 0.2) is 0 Å².